The van der Waals surface area contributed by atoms with Crippen molar-refractivity contribution in [3.05, 3.63) is 47.0 Å². The first-order valence-electron chi connectivity index (χ1n) is 10.2. The Bertz CT molecular complexity index is 820. The van der Waals surface area contributed by atoms with Crippen LogP contribution >= 0.6 is 0 Å². The van der Waals surface area contributed by atoms with Gasteiger partial charge in [0.1, 0.15) is 5.54 Å². The van der Waals surface area contributed by atoms with Crippen LogP contribution in [0.1, 0.15) is 31.9 Å². The lowest BCUT2D eigenvalue weighted by molar-refractivity contribution is -0.137. The van der Waals surface area contributed by atoms with Crippen LogP contribution in [-0.4, -0.2) is 72.0 Å². The van der Waals surface area contributed by atoms with E-state index in [1.807, 2.05) is 57.1 Å². The van der Waals surface area contributed by atoms with Crippen molar-refractivity contribution in [2.24, 2.45) is 5.92 Å². The lowest BCUT2D eigenvalue weighted by Crippen LogP contribution is -2.58. The summed E-state index contributed by atoms with van der Waals surface area (Å²) in [4.78, 5) is 40.5. The van der Waals surface area contributed by atoms with Crippen LogP contribution in [0.25, 0.3) is 0 Å². The Hall–Kier alpha value is -2.67. The van der Waals surface area contributed by atoms with Gasteiger partial charge in [-0.25, -0.2) is 4.79 Å². The Kier molecular flexibility index (Phi) is 7.42. The second-order valence-electron chi connectivity index (χ2n) is 8.63. The monoisotopic (exact) mass is 415 g/mol. The average molecular weight is 416 g/mol. The molecule has 164 valence electrons. The number of nitrogens with zero attached hydrogens (tertiary/aromatic N) is 2. The second kappa shape index (κ2) is 9.43. The van der Waals surface area contributed by atoms with Crippen molar-refractivity contribution in [2.75, 3.05) is 27.7 Å². The van der Waals surface area contributed by atoms with Crippen molar-refractivity contribution in [1.29, 1.82) is 0 Å². The SMILES string of the molecule is C/C(=C\[C@H](C(C)C)N(C)C(=O)CNC(=O)C1(N(C)C)Cc2ccccc2C1)C(=O)O. The number of rotatable bonds is 8. The smallest absolute Gasteiger partial charge is 0.331 e. The number of amides is 2. The van der Waals surface area contributed by atoms with Crippen LogP contribution < -0.4 is 5.32 Å². The van der Waals surface area contributed by atoms with Crippen LogP contribution in [0.15, 0.2) is 35.9 Å². The molecule has 7 nitrogen and oxygen atoms in total. The van der Waals surface area contributed by atoms with Gasteiger partial charge in [0.25, 0.3) is 0 Å². The first kappa shape index (κ1) is 23.6. The number of aliphatic carboxylic acids is 1. The summed E-state index contributed by atoms with van der Waals surface area (Å²) in [5.41, 5.74) is 1.77. The normalized spacial score (nSPS) is 16.3. The van der Waals surface area contributed by atoms with Crippen molar-refractivity contribution in [3.63, 3.8) is 0 Å². The van der Waals surface area contributed by atoms with Gasteiger partial charge in [0.2, 0.25) is 11.8 Å². The number of nitrogens with one attached hydrogen (secondary N) is 1. The van der Waals surface area contributed by atoms with Crippen molar-refractivity contribution < 1.29 is 19.5 Å². The van der Waals surface area contributed by atoms with E-state index in [0.717, 1.165) is 11.1 Å². The minimum Gasteiger partial charge on any atom is -0.478 e. The van der Waals surface area contributed by atoms with Gasteiger partial charge in [0.15, 0.2) is 0 Å². The predicted molar refractivity (Wildman–Crippen MR) is 116 cm³/mol. The first-order chi connectivity index (χ1) is 14.0. The third-order valence-electron chi connectivity index (χ3n) is 6.04. The zero-order valence-corrected chi connectivity index (χ0v) is 18.7. The molecule has 0 radical (unpaired) electrons. The van der Waals surface area contributed by atoms with Crippen molar-refractivity contribution in [2.45, 2.75) is 45.2 Å². The standard InChI is InChI=1S/C23H33N3O4/c1-15(2)19(11-16(3)21(28)29)26(6)20(27)14-24-22(30)23(25(4)5)12-17-9-7-8-10-18(17)13-23/h7-11,15,19H,12-14H2,1-6H3,(H,24,30)(H,28,29)/b16-11+/t19-/m1/s1. The van der Waals surface area contributed by atoms with Gasteiger partial charge >= 0.3 is 5.97 Å². The van der Waals surface area contributed by atoms with Gasteiger partial charge in [-0.3, -0.25) is 14.5 Å². The van der Waals surface area contributed by atoms with E-state index in [1.165, 1.54) is 11.8 Å². The molecule has 0 aromatic heterocycles. The molecule has 0 aliphatic heterocycles. The topological polar surface area (TPSA) is 90.0 Å². The van der Waals surface area contributed by atoms with Crippen LogP contribution in [0.3, 0.4) is 0 Å². The summed E-state index contributed by atoms with van der Waals surface area (Å²) in [5, 5.41) is 12.0. The molecule has 2 rings (SSSR count). The Balaban J connectivity index is 2.09. The van der Waals surface area contributed by atoms with Crippen LogP contribution in [-0.2, 0) is 27.2 Å². The van der Waals surface area contributed by atoms with Gasteiger partial charge in [0, 0.05) is 25.5 Å². The van der Waals surface area contributed by atoms with Crippen LogP contribution in [0.5, 0.6) is 0 Å². The number of carboxylic acid groups (broad SMARTS) is 1. The summed E-state index contributed by atoms with van der Waals surface area (Å²) in [6.07, 6.45) is 2.78. The molecular formula is C23H33N3O4. The lowest BCUT2D eigenvalue weighted by atomic mass is 9.93. The lowest BCUT2D eigenvalue weighted by Gasteiger charge is -2.35. The molecule has 7 heteroatoms. The maximum atomic E-state index is 13.2. The molecule has 1 aromatic rings. The van der Waals surface area contributed by atoms with E-state index < -0.39 is 11.5 Å². The number of fused-ring (bicyclic) bond motifs is 1. The predicted octanol–water partition coefficient (Wildman–Crippen LogP) is 1.72. The molecule has 1 atom stereocenters. The van der Waals surface area contributed by atoms with Crippen LogP contribution in [0.4, 0.5) is 0 Å². The van der Waals surface area contributed by atoms with Gasteiger partial charge in [-0.05, 0) is 38.1 Å². The highest BCUT2D eigenvalue weighted by molar-refractivity contribution is 5.92. The fraction of sp³-hybridized carbons (Fsp3) is 0.522. The first-order valence-corrected chi connectivity index (χ1v) is 10.2. The van der Waals surface area contributed by atoms with Gasteiger partial charge < -0.3 is 15.3 Å². The van der Waals surface area contributed by atoms with Gasteiger partial charge in [-0.15, -0.1) is 0 Å². The Labute approximate surface area is 178 Å². The highest BCUT2D eigenvalue weighted by Gasteiger charge is 2.45. The maximum absolute atomic E-state index is 13.2. The summed E-state index contributed by atoms with van der Waals surface area (Å²) in [6, 6.07) is 7.65. The summed E-state index contributed by atoms with van der Waals surface area (Å²) in [7, 11) is 5.40. The van der Waals surface area contributed by atoms with Gasteiger partial charge in [-0.2, -0.15) is 0 Å². The Morgan fingerprint density at radius 3 is 2.10 bits per heavy atom. The Morgan fingerprint density at radius 2 is 1.67 bits per heavy atom. The molecular weight excluding hydrogens is 382 g/mol. The number of likely N-dealkylation sites (N-methyl/N-ethyl adjacent to an activating group) is 2. The largest absolute Gasteiger partial charge is 0.478 e. The number of carbonyl (C=O) groups is 3. The van der Waals surface area contributed by atoms with Crippen LogP contribution in [0, 0.1) is 5.92 Å². The maximum Gasteiger partial charge on any atom is 0.331 e. The van der Waals surface area contributed by atoms with Crippen molar-refractivity contribution in [1.82, 2.24) is 15.1 Å². The quantitative estimate of drug-likeness (QED) is 0.631. The summed E-state index contributed by atoms with van der Waals surface area (Å²) in [6.45, 7) is 5.23. The second-order valence-corrected chi connectivity index (χ2v) is 8.63. The molecule has 0 heterocycles. The minimum atomic E-state index is -1.01. The van der Waals surface area contributed by atoms with E-state index in [4.69, 9.17) is 5.11 Å². The molecule has 2 amide bonds. The van der Waals surface area contributed by atoms with E-state index in [0.29, 0.717) is 12.8 Å². The highest BCUT2D eigenvalue weighted by atomic mass is 16.4. The zero-order valence-electron chi connectivity index (χ0n) is 18.7. The molecule has 1 aliphatic rings. The van der Waals surface area contributed by atoms with Crippen molar-refractivity contribution in [3.8, 4) is 0 Å². The molecule has 0 spiro atoms. The Morgan fingerprint density at radius 1 is 1.13 bits per heavy atom. The molecule has 2 N–H and O–H groups in total. The van der Waals surface area contributed by atoms with Crippen molar-refractivity contribution >= 4 is 17.8 Å². The molecule has 1 aliphatic carbocycles. The van der Waals surface area contributed by atoms with E-state index in [1.54, 1.807) is 13.1 Å². The number of carboxylic acids is 1. The van der Waals surface area contributed by atoms with Crippen LogP contribution in [0.2, 0.25) is 0 Å². The molecule has 0 saturated carbocycles. The number of benzene rings is 1. The fourth-order valence-corrected chi connectivity index (χ4v) is 3.97. The van der Waals surface area contributed by atoms with Gasteiger partial charge in [0.05, 0.1) is 12.6 Å². The number of carbonyl (C=O) groups excluding carboxylic acids is 2. The molecule has 0 unspecified atom stereocenters. The third kappa shape index (κ3) is 4.90. The number of hydrogen-bond donors (Lipinski definition) is 2. The summed E-state index contributed by atoms with van der Waals surface area (Å²) >= 11 is 0. The average Bonchev–Trinajstić information content (AvgIpc) is 3.10. The van der Waals surface area contributed by atoms with Gasteiger partial charge in [-0.1, -0.05) is 44.2 Å². The number of hydrogen-bond acceptors (Lipinski definition) is 4. The molecule has 0 bridgehead atoms. The summed E-state index contributed by atoms with van der Waals surface area (Å²) in [5.74, 6) is -1.42. The van der Waals surface area contributed by atoms with E-state index >= 15 is 0 Å². The molecule has 0 fully saturated rings. The van der Waals surface area contributed by atoms with E-state index in [-0.39, 0.29) is 35.9 Å². The molecule has 0 saturated heterocycles. The zero-order chi connectivity index (χ0) is 22.6. The molecule has 1 aromatic carbocycles. The minimum absolute atomic E-state index is 0.0291. The van der Waals surface area contributed by atoms with E-state index in [2.05, 4.69) is 5.32 Å². The fourth-order valence-electron chi connectivity index (χ4n) is 3.97. The third-order valence-corrected chi connectivity index (χ3v) is 6.04. The van der Waals surface area contributed by atoms with E-state index in [9.17, 15) is 14.4 Å². The highest BCUT2D eigenvalue weighted by Crippen LogP contribution is 2.33. The molecule has 30 heavy (non-hydrogen) atoms. The summed E-state index contributed by atoms with van der Waals surface area (Å²) < 4.78 is 0.